The number of nitrogens with one attached hydrogen (secondary N) is 1. The predicted octanol–water partition coefficient (Wildman–Crippen LogP) is 2.58. The van der Waals surface area contributed by atoms with Gasteiger partial charge in [-0.15, -0.1) is 5.10 Å². The Morgan fingerprint density at radius 3 is 2.84 bits per heavy atom. The van der Waals surface area contributed by atoms with E-state index in [4.69, 9.17) is 11.6 Å². The second kappa shape index (κ2) is 6.45. The Morgan fingerprint density at radius 2 is 2.26 bits per heavy atom. The van der Waals surface area contributed by atoms with Gasteiger partial charge in [0.25, 0.3) is 0 Å². The summed E-state index contributed by atoms with van der Waals surface area (Å²) in [5.74, 6) is 0. The van der Waals surface area contributed by atoms with Crippen LogP contribution >= 0.6 is 23.1 Å². The SMILES string of the molecule is CCCc1nnsc1C(NCC)c1c(Cl)cnn1C. The van der Waals surface area contributed by atoms with E-state index < -0.39 is 0 Å². The fourth-order valence-electron chi connectivity index (χ4n) is 2.11. The summed E-state index contributed by atoms with van der Waals surface area (Å²) in [6.45, 7) is 5.06. The summed E-state index contributed by atoms with van der Waals surface area (Å²) in [5.41, 5.74) is 2.02. The largest absolute Gasteiger partial charge is 0.304 e. The molecule has 0 saturated carbocycles. The lowest BCUT2D eigenvalue weighted by Gasteiger charge is -2.18. The van der Waals surface area contributed by atoms with E-state index in [9.17, 15) is 0 Å². The van der Waals surface area contributed by atoms with Gasteiger partial charge in [0.15, 0.2) is 0 Å². The summed E-state index contributed by atoms with van der Waals surface area (Å²) in [5, 5.41) is 12.6. The van der Waals surface area contributed by atoms with Gasteiger partial charge in [0.1, 0.15) is 0 Å². The van der Waals surface area contributed by atoms with Crippen LogP contribution in [-0.2, 0) is 13.5 Å². The van der Waals surface area contributed by atoms with E-state index in [1.54, 1.807) is 6.20 Å². The monoisotopic (exact) mass is 299 g/mol. The number of hydrogen-bond acceptors (Lipinski definition) is 5. The predicted molar refractivity (Wildman–Crippen MR) is 77.6 cm³/mol. The molecule has 2 aromatic heterocycles. The van der Waals surface area contributed by atoms with Crippen molar-refractivity contribution in [2.45, 2.75) is 32.7 Å². The van der Waals surface area contributed by atoms with Crippen LogP contribution in [0.3, 0.4) is 0 Å². The highest BCUT2D eigenvalue weighted by atomic mass is 35.5. The molecular formula is C12H18ClN5S. The van der Waals surface area contributed by atoms with Crippen LogP contribution in [0.5, 0.6) is 0 Å². The lowest BCUT2D eigenvalue weighted by molar-refractivity contribution is 0.574. The summed E-state index contributed by atoms with van der Waals surface area (Å²) in [6.07, 6.45) is 3.66. The zero-order valence-electron chi connectivity index (χ0n) is 11.4. The molecule has 0 aliphatic carbocycles. The number of halogens is 1. The normalized spacial score (nSPS) is 12.8. The van der Waals surface area contributed by atoms with Gasteiger partial charge < -0.3 is 5.32 Å². The third-order valence-corrected chi connectivity index (χ3v) is 4.08. The van der Waals surface area contributed by atoms with E-state index in [-0.39, 0.29) is 6.04 Å². The van der Waals surface area contributed by atoms with Crippen LogP contribution in [0, 0.1) is 0 Å². The van der Waals surface area contributed by atoms with Crippen LogP contribution in [0.25, 0.3) is 0 Å². The van der Waals surface area contributed by atoms with Gasteiger partial charge in [-0.05, 0) is 24.5 Å². The van der Waals surface area contributed by atoms with Gasteiger partial charge in [-0.3, -0.25) is 4.68 Å². The number of nitrogens with zero attached hydrogens (tertiary/aromatic N) is 4. The summed E-state index contributed by atoms with van der Waals surface area (Å²) >= 11 is 7.69. The smallest absolute Gasteiger partial charge is 0.0892 e. The fraction of sp³-hybridized carbons (Fsp3) is 0.583. The molecule has 1 atom stereocenters. The van der Waals surface area contributed by atoms with Crippen molar-refractivity contribution >= 4 is 23.1 Å². The molecule has 0 bridgehead atoms. The summed E-state index contributed by atoms with van der Waals surface area (Å²) in [6, 6.07) is 0.00606. The number of hydrogen-bond donors (Lipinski definition) is 1. The second-order valence-electron chi connectivity index (χ2n) is 4.33. The van der Waals surface area contributed by atoms with E-state index in [1.165, 1.54) is 11.5 Å². The molecule has 5 nitrogen and oxygen atoms in total. The molecule has 104 valence electrons. The highest BCUT2D eigenvalue weighted by Gasteiger charge is 2.25. The molecule has 2 heterocycles. The van der Waals surface area contributed by atoms with E-state index >= 15 is 0 Å². The van der Waals surface area contributed by atoms with E-state index in [0.717, 1.165) is 35.7 Å². The molecule has 0 aliphatic rings. The Hall–Kier alpha value is -0.980. The van der Waals surface area contributed by atoms with Gasteiger partial charge in [-0.1, -0.05) is 36.4 Å². The van der Waals surface area contributed by atoms with Crippen molar-refractivity contribution in [3.05, 3.63) is 27.5 Å². The van der Waals surface area contributed by atoms with Crippen LogP contribution in [-0.4, -0.2) is 25.9 Å². The Bertz CT molecular complexity index is 516. The minimum absolute atomic E-state index is 0.00606. The van der Waals surface area contributed by atoms with Gasteiger partial charge in [-0.2, -0.15) is 5.10 Å². The minimum atomic E-state index is 0.00606. The molecule has 0 amide bonds. The van der Waals surface area contributed by atoms with Crippen molar-refractivity contribution in [3.8, 4) is 0 Å². The number of aromatic nitrogens is 4. The number of rotatable bonds is 6. The second-order valence-corrected chi connectivity index (χ2v) is 5.52. The molecule has 0 aromatic carbocycles. The summed E-state index contributed by atoms with van der Waals surface area (Å²) in [7, 11) is 1.90. The zero-order valence-corrected chi connectivity index (χ0v) is 12.9. The highest BCUT2D eigenvalue weighted by Crippen LogP contribution is 2.31. The third kappa shape index (κ3) is 2.96. The number of aryl methyl sites for hydroxylation is 2. The molecule has 19 heavy (non-hydrogen) atoms. The first-order chi connectivity index (χ1) is 9.19. The lowest BCUT2D eigenvalue weighted by atomic mass is 10.1. The molecule has 0 aliphatic heterocycles. The van der Waals surface area contributed by atoms with Crippen molar-refractivity contribution in [3.63, 3.8) is 0 Å². The Morgan fingerprint density at radius 1 is 1.47 bits per heavy atom. The lowest BCUT2D eigenvalue weighted by Crippen LogP contribution is -2.24. The molecule has 0 fully saturated rings. The standard InChI is InChI=1S/C12H18ClN5S/c1-4-6-9-12(19-17-16-9)10(14-5-2)11-8(13)7-15-18(11)3/h7,10,14H,4-6H2,1-3H3. The fourth-order valence-corrected chi connectivity index (χ4v) is 3.16. The van der Waals surface area contributed by atoms with Gasteiger partial charge in [0.05, 0.1) is 33.5 Å². The van der Waals surface area contributed by atoms with Crippen molar-refractivity contribution in [1.29, 1.82) is 0 Å². The van der Waals surface area contributed by atoms with Crippen molar-refractivity contribution < 1.29 is 0 Å². The Balaban J connectivity index is 2.42. The van der Waals surface area contributed by atoms with E-state index in [1.807, 2.05) is 11.7 Å². The molecule has 0 spiro atoms. The van der Waals surface area contributed by atoms with Gasteiger partial charge in [-0.25, -0.2) is 0 Å². The first kappa shape index (κ1) is 14.4. The van der Waals surface area contributed by atoms with Gasteiger partial charge >= 0.3 is 0 Å². The Labute approximate surface area is 122 Å². The van der Waals surface area contributed by atoms with Crippen LogP contribution in [0.2, 0.25) is 5.02 Å². The van der Waals surface area contributed by atoms with E-state index in [2.05, 4.69) is 33.8 Å². The van der Waals surface area contributed by atoms with Crippen LogP contribution in [0.4, 0.5) is 0 Å². The molecule has 2 aromatic rings. The van der Waals surface area contributed by atoms with Gasteiger partial charge in [0.2, 0.25) is 0 Å². The maximum absolute atomic E-state index is 6.26. The maximum Gasteiger partial charge on any atom is 0.0892 e. The molecule has 7 heteroatoms. The molecular weight excluding hydrogens is 282 g/mol. The maximum atomic E-state index is 6.26. The molecule has 0 saturated heterocycles. The third-order valence-electron chi connectivity index (χ3n) is 2.95. The van der Waals surface area contributed by atoms with Crippen LogP contribution in [0.1, 0.15) is 42.6 Å². The van der Waals surface area contributed by atoms with Crippen molar-refractivity contribution in [1.82, 2.24) is 24.7 Å². The first-order valence-corrected chi connectivity index (χ1v) is 7.56. The summed E-state index contributed by atoms with van der Waals surface area (Å²) in [4.78, 5) is 1.13. The molecule has 0 radical (unpaired) electrons. The zero-order chi connectivity index (χ0) is 13.8. The topological polar surface area (TPSA) is 55.6 Å². The Kier molecular flexibility index (Phi) is 4.90. The van der Waals surface area contributed by atoms with Crippen molar-refractivity contribution in [2.24, 2.45) is 7.05 Å². The van der Waals surface area contributed by atoms with Crippen molar-refractivity contribution in [2.75, 3.05) is 6.54 Å². The quantitative estimate of drug-likeness (QED) is 0.891. The average Bonchev–Trinajstić information content (AvgIpc) is 2.96. The van der Waals surface area contributed by atoms with E-state index in [0.29, 0.717) is 5.02 Å². The molecule has 1 unspecified atom stereocenters. The summed E-state index contributed by atoms with van der Waals surface area (Å²) < 4.78 is 5.90. The van der Waals surface area contributed by atoms with Gasteiger partial charge in [0, 0.05) is 7.05 Å². The van der Waals surface area contributed by atoms with Crippen LogP contribution in [0.15, 0.2) is 6.20 Å². The minimum Gasteiger partial charge on any atom is -0.304 e. The molecule has 1 N–H and O–H groups in total. The first-order valence-electron chi connectivity index (χ1n) is 6.40. The average molecular weight is 300 g/mol. The molecule has 2 rings (SSSR count). The van der Waals surface area contributed by atoms with Crippen LogP contribution < -0.4 is 5.32 Å². The highest BCUT2D eigenvalue weighted by molar-refractivity contribution is 7.05.